The largest absolute Gasteiger partial charge is 0.346 e. The van der Waals surface area contributed by atoms with Crippen LogP contribution in [0, 0.1) is 0 Å². The second kappa shape index (κ2) is 8.53. The molecule has 0 saturated heterocycles. The number of amides is 1. The molecular weight excluding hydrogens is 394 g/mol. The zero-order chi connectivity index (χ0) is 20.1. The summed E-state index contributed by atoms with van der Waals surface area (Å²) in [6, 6.07) is 14.4. The smallest absolute Gasteiger partial charge is 0.261 e. The molecule has 0 unspecified atom stereocenters. The Morgan fingerprint density at radius 1 is 1.07 bits per heavy atom. The number of aromatic nitrogens is 1. The van der Waals surface area contributed by atoms with Gasteiger partial charge in [-0.3, -0.25) is 9.52 Å². The minimum absolute atomic E-state index is 0.181. The first kappa shape index (κ1) is 20.0. The minimum atomic E-state index is -3.66. The van der Waals surface area contributed by atoms with Gasteiger partial charge in [0, 0.05) is 22.5 Å². The van der Waals surface area contributed by atoms with Crippen molar-refractivity contribution in [3.05, 3.63) is 76.2 Å². The van der Waals surface area contributed by atoms with Crippen LogP contribution in [0.5, 0.6) is 0 Å². The third-order valence-electron chi connectivity index (χ3n) is 3.95. The molecule has 0 aliphatic heterocycles. The van der Waals surface area contributed by atoms with Crippen molar-refractivity contribution < 1.29 is 13.2 Å². The molecule has 0 spiro atoms. The second-order valence-electron chi connectivity index (χ2n) is 6.51. The van der Waals surface area contributed by atoms with Crippen LogP contribution in [-0.4, -0.2) is 19.3 Å². The monoisotopic (exact) mass is 415 g/mol. The molecule has 2 N–H and O–H groups in total. The fourth-order valence-electron chi connectivity index (χ4n) is 2.45. The van der Waals surface area contributed by atoms with E-state index in [1.165, 1.54) is 12.1 Å². The molecule has 8 heteroatoms. The van der Waals surface area contributed by atoms with Crippen molar-refractivity contribution in [3.8, 4) is 0 Å². The Kier molecular flexibility index (Phi) is 6.11. The first-order chi connectivity index (χ1) is 13.3. The number of hydrogen-bond donors (Lipinski definition) is 2. The van der Waals surface area contributed by atoms with E-state index in [-0.39, 0.29) is 10.8 Å². The second-order valence-corrected chi connectivity index (χ2v) is 9.08. The predicted octanol–water partition coefficient (Wildman–Crippen LogP) is 4.00. The van der Waals surface area contributed by atoms with Gasteiger partial charge < -0.3 is 5.32 Å². The maximum atomic E-state index is 12.3. The number of sulfonamides is 1. The van der Waals surface area contributed by atoms with Crippen molar-refractivity contribution in [1.29, 1.82) is 0 Å². The molecule has 3 rings (SSSR count). The van der Waals surface area contributed by atoms with Crippen LogP contribution in [0.2, 0.25) is 0 Å². The highest BCUT2D eigenvalue weighted by atomic mass is 32.2. The summed E-state index contributed by atoms with van der Waals surface area (Å²) < 4.78 is 27.2. The molecule has 0 bridgehead atoms. The Bertz CT molecular complexity index is 1040. The number of carbonyl (C=O) groups is 1. The van der Waals surface area contributed by atoms with Crippen molar-refractivity contribution in [2.75, 3.05) is 4.72 Å². The number of anilines is 1. The zero-order valence-corrected chi connectivity index (χ0v) is 17.2. The molecule has 1 amide bonds. The molecule has 6 nitrogen and oxygen atoms in total. The lowest BCUT2D eigenvalue weighted by Gasteiger charge is -2.09. The number of nitrogens with one attached hydrogen (secondary N) is 2. The molecule has 0 aliphatic carbocycles. The molecule has 146 valence electrons. The molecular formula is C20H21N3O3S2. The number of benzene rings is 2. The summed E-state index contributed by atoms with van der Waals surface area (Å²) >= 11 is 1.58. The van der Waals surface area contributed by atoms with E-state index >= 15 is 0 Å². The van der Waals surface area contributed by atoms with Crippen molar-refractivity contribution in [2.45, 2.75) is 31.2 Å². The lowest BCUT2D eigenvalue weighted by Crippen LogP contribution is -2.23. The lowest BCUT2D eigenvalue weighted by atomic mass is 10.2. The van der Waals surface area contributed by atoms with Crippen LogP contribution >= 0.6 is 11.3 Å². The van der Waals surface area contributed by atoms with E-state index in [0.29, 0.717) is 23.7 Å². The van der Waals surface area contributed by atoms with Crippen molar-refractivity contribution >= 4 is 33.0 Å². The fraction of sp³-hybridized carbons (Fsp3) is 0.200. The summed E-state index contributed by atoms with van der Waals surface area (Å²) in [6.07, 6.45) is 0. The summed E-state index contributed by atoms with van der Waals surface area (Å²) in [5, 5.41) is 5.81. The highest BCUT2D eigenvalue weighted by Crippen LogP contribution is 2.19. The molecule has 0 radical (unpaired) electrons. The van der Waals surface area contributed by atoms with E-state index in [1.54, 1.807) is 53.8 Å². The number of thiazole rings is 1. The zero-order valence-electron chi connectivity index (χ0n) is 15.5. The SMILES string of the molecule is CC(C)c1nc(CNC(=O)c2ccc(NS(=O)(=O)c3ccccc3)cc2)cs1. The Labute approximate surface area is 168 Å². The minimum Gasteiger partial charge on any atom is -0.346 e. The number of rotatable bonds is 7. The average molecular weight is 416 g/mol. The summed E-state index contributed by atoms with van der Waals surface area (Å²) in [5.41, 5.74) is 1.66. The Balaban J connectivity index is 1.61. The van der Waals surface area contributed by atoms with Gasteiger partial charge >= 0.3 is 0 Å². The van der Waals surface area contributed by atoms with Crippen LogP contribution in [0.15, 0.2) is 64.9 Å². The van der Waals surface area contributed by atoms with Gasteiger partial charge in [-0.15, -0.1) is 11.3 Å². The van der Waals surface area contributed by atoms with Crippen LogP contribution in [0.4, 0.5) is 5.69 Å². The van der Waals surface area contributed by atoms with Gasteiger partial charge in [0.25, 0.3) is 15.9 Å². The summed E-state index contributed by atoms with van der Waals surface area (Å²) in [6.45, 7) is 4.51. The molecule has 3 aromatic rings. The van der Waals surface area contributed by atoms with Crippen LogP contribution in [-0.2, 0) is 16.6 Å². The van der Waals surface area contributed by atoms with E-state index in [9.17, 15) is 13.2 Å². The van der Waals surface area contributed by atoms with Crippen LogP contribution in [0.3, 0.4) is 0 Å². The molecule has 2 aromatic carbocycles. The van der Waals surface area contributed by atoms with Crippen molar-refractivity contribution in [1.82, 2.24) is 10.3 Å². The fourth-order valence-corrected chi connectivity index (χ4v) is 4.36. The Morgan fingerprint density at radius 2 is 1.75 bits per heavy atom. The van der Waals surface area contributed by atoms with E-state index in [1.807, 2.05) is 5.38 Å². The standard InChI is InChI=1S/C20H21N3O3S2/c1-14(2)20-22-17(13-27-20)12-21-19(24)15-8-10-16(11-9-15)23-28(25,26)18-6-4-3-5-7-18/h3-11,13-14,23H,12H2,1-2H3,(H,21,24). The Morgan fingerprint density at radius 3 is 2.36 bits per heavy atom. The maximum absolute atomic E-state index is 12.3. The van der Waals surface area contributed by atoms with Gasteiger partial charge in [-0.25, -0.2) is 13.4 Å². The lowest BCUT2D eigenvalue weighted by molar-refractivity contribution is 0.0950. The number of carbonyl (C=O) groups excluding carboxylic acids is 1. The van der Waals surface area contributed by atoms with Gasteiger partial charge in [0.05, 0.1) is 22.1 Å². The van der Waals surface area contributed by atoms with Gasteiger partial charge in [0.2, 0.25) is 0 Å². The van der Waals surface area contributed by atoms with Crippen molar-refractivity contribution in [2.24, 2.45) is 0 Å². The summed E-state index contributed by atoms with van der Waals surface area (Å²) in [4.78, 5) is 17.0. The molecule has 1 aromatic heterocycles. The highest BCUT2D eigenvalue weighted by Gasteiger charge is 2.14. The van der Waals surface area contributed by atoms with Gasteiger partial charge in [-0.2, -0.15) is 0 Å². The van der Waals surface area contributed by atoms with Crippen LogP contribution < -0.4 is 10.0 Å². The quantitative estimate of drug-likeness (QED) is 0.611. The highest BCUT2D eigenvalue weighted by molar-refractivity contribution is 7.92. The molecule has 28 heavy (non-hydrogen) atoms. The summed E-state index contributed by atoms with van der Waals surface area (Å²) in [7, 11) is -3.66. The number of nitrogens with zero attached hydrogens (tertiary/aromatic N) is 1. The third-order valence-corrected chi connectivity index (χ3v) is 6.54. The van der Waals surface area contributed by atoms with Gasteiger partial charge in [0.15, 0.2) is 0 Å². The van der Waals surface area contributed by atoms with E-state index < -0.39 is 10.0 Å². The van der Waals surface area contributed by atoms with Gasteiger partial charge in [-0.05, 0) is 36.4 Å². The van der Waals surface area contributed by atoms with Gasteiger partial charge in [0.1, 0.15) is 0 Å². The topological polar surface area (TPSA) is 88.2 Å². The number of hydrogen-bond acceptors (Lipinski definition) is 5. The normalized spacial score (nSPS) is 11.4. The molecule has 0 fully saturated rings. The third kappa shape index (κ3) is 4.96. The average Bonchev–Trinajstić information content (AvgIpc) is 3.16. The molecule has 0 saturated carbocycles. The predicted molar refractivity (Wildman–Crippen MR) is 111 cm³/mol. The van der Waals surface area contributed by atoms with E-state index in [2.05, 4.69) is 28.9 Å². The van der Waals surface area contributed by atoms with Crippen LogP contribution in [0.25, 0.3) is 0 Å². The Hall–Kier alpha value is -2.71. The van der Waals surface area contributed by atoms with Crippen molar-refractivity contribution in [3.63, 3.8) is 0 Å². The molecule has 0 aliphatic rings. The first-order valence-electron chi connectivity index (χ1n) is 8.75. The maximum Gasteiger partial charge on any atom is 0.261 e. The van der Waals surface area contributed by atoms with E-state index in [0.717, 1.165) is 10.7 Å². The van der Waals surface area contributed by atoms with Gasteiger partial charge in [-0.1, -0.05) is 32.0 Å². The first-order valence-corrected chi connectivity index (χ1v) is 11.1. The molecule has 0 atom stereocenters. The molecule has 1 heterocycles. The van der Waals surface area contributed by atoms with E-state index in [4.69, 9.17) is 0 Å². The van der Waals surface area contributed by atoms with Crippen LogP contribution in [0.1, 0.15) is 40.8 Å². The summed E-state index contributed by atoms with van der Waals surface area (Å²) in [5.74, 6) is 0.123.